The summed E-state index contributed by atoms with van der Waals surface area (Å²) in [5.74, 6) is 0.320. The van der Waals surface area contributed by atoms with Gasteiger partial charge in [-0.05, 0) is 48.1 Å². The first kappa shape index (κ1) is 15.1. The highest BCUT2D eigenvalue weighted by atomic mass is 32.1. The van der Waals surface area contributed by atoms with Gasteiger partial charge in [0.25, 0.3) is 0 Å². The van der Waals surface area contributed by atoms with Crippen molar-refractivity contribution < 1.29 is 9.53 Å². The summed E-state index contributed by atoms with van der Waals surface area (Å²) in [5.41, 5.74) is 3.32. The Labute approximate surface area is 144 Å². The molecule has 1 saturated carbocycles. The molecule has 0 unspecified atom stereocenters. The van der Waals surface area contributed by atoms with Gasteiger partial charge in [0.05, 0.1) is 12.2 Å². The first-order valence-corrected chi connectivity index (χ1v) is 8.88. The maximum Gasteiger partial charge on any atom is 0.309 e. The van der Waals surface area contributed by atoms with Gasteiger partial charge in [0, 0.05) is 28.9 Å². The van der Waals surface area contributed by atoms with E-state index in [0.29, 0.717) is 12.5 Å². The number of esters is 1. The number of hydrogen-bond acceptors (Lipinski definition) is 4. The van der Waals surface area contributed by atoms with Crippen molar-refractivity contribution in [2.24, 2.45) is 5.92 Å². The van der Waals surface area contributed by atoms with E-state index in [9.17, 15) is 4.79 Å². The minimum absolute atomic E-state index is 0.0348. The highest BCUT2D eigenvalue weighted by Gasteiger charge is 2.46. The Kier molecular flexibility index (Phi) is 3.94. The van der Waals surface area contributed by atoms with Gasteiger partial charge in [-0.1, -0.05) is 12.1 Å². The fraction of sp³-hybridized carbons (Fsp3) is 0.263. The summed E-state index contributed by atoms with van der Waals surface area (Å²) in [7, 11) is 0. The molecule has 3 aromatic rings. The molecule has 0 amide bonds. The van der Waals surface area contributed by atoms with E-state index >= 15 is 0 Å². The second-order valence-corrected chi connectivity index (χ2v) is 7.11. The van der Waals surface area contributed by atoms with Crippen LogP contribution in [-0.4, -0.2) is 15.5 Å². The summed E-state index contributed by atoms with van der Waals surface area (Å²) in [5, 5.41) is 2.09. The zero-order valence-electron chi connectivity index (χ0n) is 13.4. The third kappa shape index (κ3) is 2.99. The maximum atomic E-state index is 12.2. The molecule has 1 aliphatic rings. The van der Waals surface area contributed by atoms with Crippen molar-refractivity contribution in [3.63, 3.8) is 0 Å². The Balaban J connectivity index is 1.33. The molecule has 122 valence electrons. The third-order valence-corrected chi connectivity index (χ3v) is 5.60. The van der Waals surface area contributed by atoms with Crippen LogP contribution < -0.4 is 0 Å². The Hall–Kier alpha value is -2.40. The fourth-order valence-corrected chi connectivity index (χ4v) is 4.06. The summed E-state index contributed by atoms with van der Waals surface area (Å²) in [6, 6.07) is 10.1. The quantitative estimate of drug-likeness (QED) is 0.658. The van der Waals surface area contributed by atoms with Crippen LogP contribution in [0.15, 0.2) is 54.4 Å². The van der Waals surface area contributed by atoms with Crippen molar-refractivity contribution in [1.29, 1.82) is 0 Å². The Morgan fingerprint density at radius 1 is 1.33 bits per heavy atom. The van der Waals surface area contributed by atoms with E-state index in [4.69, 9.17) is 4.74 Å². The standard InChI is InChI=1S/C19H18N2O2S/c1-13-6-9-24-18(13)16-10-17(16)19(22)23-11-14-2-4-15(5-3-14)21-8-7-20-12-21/h2-9,12,16-17H,10-11H2,1H3/t16-,17-/m1/s1. The summed E-state index contributed by atoms with van der Waals surface area (Å²) < 4.78 is 7.44. The first-order valence-electron chi connectivity index (χ1n) is 8.00. The van der Waals surface area contributed by atoms with Gasteiger partial charge in [-0.2, -0.15) is 0 Å². The van der Waals surface area contributed by atoms with E-state index in [1.165, 1.54) is 10.4 Å². The number of carbonyl (C=O) groups excluding carboxylic acids is 1. The minimum atomic E-state index is -0.0773. The largest absolute Gasteiger partial charge is 0.461 e. The molecule has 1 aliphatic carbocycles. The Bertz CT molecular complexity index is 837. The summed E-state index contributed by atoms with van der Waals surface area (Å²) in [6.07, 6.45) is 6.32. The number of rotatable bonds is 5. The number of aromatic nitrogens is 2. The predicted molar refractivity (Wildman–Crippen MR) is 93.3 cm³/mol. The number of imidazole rings is 1. The molecule has 1 fully saturated rings. The second kappa shape index (κ2) is 6.24. The molecule has 2 atom stereocenters. The smallest absolute Gasteiger partial charge is 0.309 e. The molecular weight excluding hydrogens is 320 g/mol. The van der Waals surface area contributed by atoms with E-state index in [0.717, 1.165) is 17.7 Å². The van der Waals surface area contributed by atoms with Crippen molar-refractivity contribution in [2.75, 3.05) is 0 Å². The van der Waals surface area contributed by atoms with Crippen molar-refractivity contribution in [3.8, 4) is 5.69 Å². The monoisotopic (exact) mass is 338 g/mol. The van der Waals surface area contributed by atoms with Crippen LogP contribution >= 0.6 is 11.3 Å². The number of carbonyl (C=O) groups is 1. The highest BCUT2D eigenvalue weighted by Crippen LogP contribution is 2.51. The Morgan fingerprint density at radius 2 is 2.17 bits per heavy atom. The van der Waals surface area contributed by atoms with Crippen LogP contribution in [0.4, 0.5) is 0 Å². The lowest BCUT2D eigenvalue weighted by Crippen LogP contribution is -2.08. The number of thiophene rings is 1. The zero-order valence-corrected chi connectivity index (χ0v) is 14.2. The molecule has 0 bridgehead atoms. The van der Waals surface area contributed by atoms with Gasteiger partial charge >= 0.3 is 5.97 Å². The van der Waals surface area contributed by atoms with Crippen molar-refractivity contribution in [2.45, 2.75) is 25.9 Å². The predicted octanol–water partition coefficient (Wildman–Crippen LogP) is 4.09. The summed E-state index contributed by atoms with van der Waals surface area (Å²) in [6.45, 7) is 2.43. The molecule has 2 aromatic heterocycles. The normalized spacial score (nSPS) is 19.2. The fourth-order valence-electron chi connectivity index (χ4n) is 2.95. The summed E-state index contributed by atoms with van der Waals surface area (Å²) >= 11 is 1.74. The zero-order chi connectivity index (χ0) is 16.5. The number of ether oxygens (including phenoxy) is 1. The molecular formula is C19H18N2O2S. The Morgan fingerprint density at radius 3 is 2.83 bits per heavy atom. The van der Waals surface area contributed by atoms with Gasteiger partial charge in [0.2, 0.25) is 0 Å². The van der Waals surface area contributed by atoms with E-state index in [1.807, 2.05) is 35.0 Å². The maximum absolute atomic E-state index is 12.2. The molecule has 0 spiro atoms. The van der Waals surface area contributed by atoms with Crippen LogP contribution in [0.25, 0.3) is 5.69 Å². The van der Waals surface area contributed by atoms with Crippen molar-refractivity contribution >= 4 is 17.3 Å². The molecule has 4 nitrogen and oxygen atoms in total. The third-order valence-electron chi connectivity index (χ3n) is 4.45. The summed E-state index contributed by atoms with van der Waals surface area (Å²) in [4.78, 5) is 17.6. The molecule has 0 aliphatic heterocycles. The molecule has 2 heterocycles. The van der Waals surface area contributed by atoms with Crippen LogP contribution in [0.5, 0.6) is 0 Å². The number of aryl methyl sites for hydroxylation is 1. The average Bonchev–Trinajstić information content (AvgIpc) is 2.99. The number of benzene rings is 1. The number of nitrogens with zero attached hydrogens (tertiary/aromatic N) is 2. The SMILES string of the molecule is Cc1ccsc1[C@@H]1C[C@H]1C(=O)OCc1ccc(-n2ccnc2)cc1. The van der Waals surface area contributed by atoms with Crippen LogP contribution in [0.3, 0.4) is 0 Å². The highest BCUT2D eigenvalue weighted by molar-refractivity contribution is 7.10. The van der Waals surface area contributed by atoms with Gasteiger partial charge in [-0.25, -0.2) is 4.98 Å². The molecule has 0 N–H and O–H groups in total. The lowest BCUT2D eigenvalue weighted by atomic mass is 10.2. The average molecular weight is 338 g/mol. The molecule has 1 aromatic carbocycles. The van der Waals surface area contributed by atoms with E-state index in [2.05, 4.69) is 23.4 Å². The van der Waals surface area contributed by atoms with Gasteiger partial charge < -0.3 is 9.30 Å². The van der Waals surface area contributed by atoms with Crippen molar-refractivity contribution in [1.82, 2.24) is 9.55 Å². The molecule has 5 heteroatoms. The number of hydrogen-bond donors (Lipinski definition) is 0. The second-order valence-electron chi connectivity index (χ2n) is 6.16. The van der Waals surface area contributed by atoms with Crippen LogP contribution in [0, 0.1) is 12.8 Å². The molecule has 0 saturated heterocycles. The molecule has 24 heavy (non-hydrogen) atoms. The van der Waals surface area contributed by atoms with Crippen molar-refractivity contribution in [3.05, 3.63) is 70.4 Å². The topological polar surface area (TPSA) is 44.1 Å². The lowest BCUT2D eigenvalue weighted by molar-refractivity contribution is -0.146. The van der Waals surface area contributed by atoms with Gasteiger partial charge in [0.15, 0.2) is 0 Å². The minimum Gasteiger partial charge on any atom is -0.461 e. The van der Waals surface area contributed by atoms with E-state index < -0.39 is 0 Å². The molecule has 0 radical (unpaired) electrons. The van der Waals surface area contributed by atoms with E-state index in [-0.39, 0.29) is 11.9 Å². The molecule has 4 rings (SSSR count). The van der Waals surface area contributed by atoms with Crippen LogP contribution in [0.2, 0.25) is 0 Å². The van der Waals surface area contributed by atoms with Gasteiger partial charge in [-0.15, -0.1) is 11.3 Å². The van der Waals surface area contributed by atoms with Crippen LogP contribution in [-0.2, 0) is 16.1 Å². The van der Waals surface area contributed by atoms with Crippen LogP contribution in [0.1, 0.15) is 28.3 Å². The lowest BCUT2D eigenvalue weighted by Gasteiger charge is -2.07. The first-order chi connectivity index (χ1) is 11.7. The van der Waals surface area contributed by atoms with Gasteiger partial charge in [-0.3, -0.25) is 4.79 Å². The van der Waals surface area contributed by atoms with E-state index in [1.54, 1.807) is 23.9 Å². The van der Waals surface area contributed by atoms with Gasteiger partial charge in [0.1, 0.15) is 6.61 Å².